The number of carbonyl (C=O) groups excluding carboxylic acids is 3. The van der Waals surface area contributed by atoms with E-state index in [1.165, 1.54) is 4.90 Å². The van der Waals surface area contributed by atoms with Crippen molar-refractivity contribution in [2.24, 2.45) is 11.8 Å². The number of hydrogen-bond acceptors (Lipinski definition) is 6. The Morgan fingerprint density at radius 3 is 3.04 bits per heavy atom. The van der Waals surface area contributed by atoms with Crippen LogP contribution in [0.15, 0.2) is 29.7 Å². The fourth-order valence-electron chi connectivity index (χ4n) is 4.29. The SMILES string of the molecule is CCOC(=O)CN1CC23C=CC(O2)C(C(=O)NC(C)c2cccs2)C3C1=O. The minimum absolute atomic E-state index is 0.118. The van der Waals surface area contributed by atoms with Gasteiger partial charge in [0.05, 0.1) is 37.1 Å². The maximum absolute atomic E-state index is 13.0. The van der Waals surface area contributed by atoms with Gasteiger partial charge >= 0.3 is 5.97 Å². The number of likely N-dealkylation sites (tertiary alicyclic amines) is 1. The highest BCUT2D eigenvalue weighted by atomic mass is 32.1. The van der Waals surface area contributed by atoms with E-state index in [1.54, 1.807) is 18.3 Å². The molecule has 8 heteroatoms. The van der Waals surface area contributed by atoms with Crippen LogP contribution in [0.1, 0.15) is 24.8 Å². The molecule has 1 aromatic heterocycles. The molecule has 2 saturated heterocycles. The van der Waals surface area contributed by atoms with Crippen molar-refractivity contribution >= 4 is 29.1 Å². The van der Waals surface area contributed by atoms with Crippen molar-refractivity contribution in [1.82, 2.24) is 10.2 Å². The molecule has 5 atom stereocenters. The zero-order chi connectivity index (χ0) is 19.2. The summed E-state index contributed by atoms with van der Waals surface area (Å²) in [7, 11) is 0. The zero-order valence-corrected chi connectivity index (χ0v) is 16.0. The molecular weight excluding hydrogens is 368 g/mol. The Hall–Kier alpha value is -2.19. The van der Waals surface area contributed by atoms with E-state index in [0.29, 0.717) is 0 Å². The molecule has 2 fully saturated rings. The summed E-state index contributed by atoms with van der Waals surface area (Å²) in [5.41, 5.74) is -0.817. The van der Waals surface area contributed by atoms with Crippen LogP contribution in [0.5, 0.6) is 0 Å². The third kappa shape index (κ3) is 2.96. The van der Waals surface area contributed by atoms with Crippen molar-refractivity contribution in [2.45, 2.75) is 31.6 Å². The summed E-state index contributed by atoms with van der Waals surface area (Å²) >= 11 is 1.57. The van der Waals surface area contributed by atoms with Gasteiger partial charge in [0, 0.05) is 4.88 Å². The standard InChI is InChI=1S/C19H22N2O5S/c1-3-25-14(22)9-21-10-19-7-6-12(26-19)15(16(19)18(21)24)17(23)20-11(2)13-5-4-8-27-13/h4-8,11-12,15-16H,3,9-10H2,1-2H3,(H,20,23). The third-order valence-corrected chi connectivity index (χ3v) is 6.49. The number of esters is 1. The van der Waals surface area contributed by atoms with Crippen molar-refractivity contribution < 1.29 is 23.9 Å². The van der Waals surface area contributed by atoms with E-state index in [-0.39, 0.29) is 37.6 Å². The van der Waals surface area contributed by atoms with Crippen LogP contribution in [0, 0.1) is 11.8 Å². The summed E-state index contributed by atoms with van der Waals surface area (Å²) in [4.78, 5) is 40.2. The first-order valence-electron chi connectivity index (χ1n) is 9.10. The number of thiophene rings is 1. The number of ether oxygens (including phenoxy) is 2. The van der Waals surface area contributed by atoms with E-state index in [1.807, 2.05) is 36.6 Å². The lowest BCUT2D eigenvalue weighted by Crippen LogP contribution is -2.44. The van der Waals surface area contributed by atoms with Gasteiger partial charge in [-0.1, -0.05) is 18.2 Å². The van der Waals surface area contributed by atoms with Crippen LogP contribution in [0.25, 0.3) is 0 Å². The maximum atomic E-state index is 13.0. The zero-order valence-electron chi connectivity index (χ0n) is 15.2. The van der Waals surface area contributed by atoms with E-state index in [9.17, 15) is 14.4 Å². The second-order valence-corrected chi connectivity index (χ2v) is 8.12. The van der Waals surface area contributed by atoms with Crippen molar-refractivity contribution in [3.8, 4) is 0 Å². The Labute approximate surface area is 161 Å². The largest absolute Gasteiger partial charge is 0.465 e. The molecule has 7 nitrogen and oxygen atoms in total. The second kappa shape index (κ2) is 6.76. The number of nitrogens with zero attached hydrogens (tertiary/aromatic N) is 1. The van der Waals surface area contributed by atoms with E-state index in [4.69, 9.17) is 9.47 Å². The monoisotopic (exact) mass is 390 g/mol. The lowest BCUT2D eigenvalue weighted by Gasteiger charge is -2.25. The van der Waals surface area contributed by atoms with Crippen molar-refractivity contribution in [2.75, 3.05) is 19.7 Å². The first-order valence-corrected chi connectivity index (χ1v) is 9.98. The average molecular weight is 390 g/mol. The first-order chi connectivity index (χ1) is 12.9. The van der Waals surface area contributed by atoms with Gasteiger partial charge in [-0.15, -0.1) is 11.3 Å². The molecule has 5 unspecified atom stereocenters. The third-order valence-electron chi connectivity index (χ3n) is 5.44. The first kappa shape index (κ1) is 18.2. The summed E-state index contributed by atoms with van der Waals surface area (Å²) in [6.07, 6.45) is 3.33. The van der Waals surface area contributed by atoms with Crippen LogP contribution in [0.3, 0.4) is 0 Å². The normalized spacial score (nSPS) is 31.9. The molecule has 2 bridgehead atoms. The Morgan fingerprint density at radius 1 is 1.52 bits per heavy atom. The number of rotatable bonds is 6. The Kier molecular flexibility index (Phi) is 4.55. The topological polar surface area (TPSA) is 84.9 Å². The molecule has 1 spiro atoms. The molecule has 2 amide bonds. The highest BCUT2D eigenvalue weighted by Gasteiger charge is 2.67. The maximum Gasteiger partial charge on any atom is 0.325 e. The lowest BCUT2D eigenvalue weighted by atomic mass is 9.76. The van der Waals surface area contributed by atoms with E-state index < -0.39 is 29.5 Å². The van der Waals surface area contributed by atoms with Crippen LogP contribution in [0.2, 0.25) is 0 Å². The minimum Gasteiger partial charge on any atom is -0.465 e. The Morgan fingerprint density at radius 2 is 2.33 bits per heavy atom. The highest BCUT2D eigenvalue weighted by molar-refractivity contribution is 7.10. The Bertz CT molecular complexity index is 792. The molecule has 4 heterocycles. The van der Waals surface area contributed by atoms with Crippen molar-refractivity contribution in [3.05, 3.63) is 34.5 Å². The molecule has 0 radical (unpaired) electrons. The molecular formula is C19H22N2O5S. The number of amides is 2. The highest BCUT2D eigenvalue weighted by Crippen LogP contribution is 2.51. The van der Waals surface area contributed by atoms with Gasteiger partial charge in [-0.2, -0.15) is 0 Å². The molecule has 27 heavy (non-hydrogen) atoms. The average Bonchev–Trinajstić information content (AvgIpc) is 3.37. The molecule has 144 valence electrons. The van der Waals surface area contributed by atoms with E-state index >= 15 is 0 Å². The molecule has 0 saturated carbocycles. The minimum atomic E-state index is -0.817. The van der Waals surface area contributed by atoms with Crippen molar-refractivity contribution in [3.63, 3.8) is 0 Å². The van der Waals surface area contributed by atoms with Gasteiger partial charge in [-0.3, -0.25) is 14.4 Å². The summed E-state index contributed by atoms with van der Waals surface area (Å²) in [6.45, 7) is 4.06. The lowest BCUT2D eigenvalue weighted by molar-refractivity contribution is -0.149. The summed E-state index contributed by atoms with van der Waals surface area (Å²) in [6, 6.07) is 3.77. The van der Waals surface area contributed by atoms with Crippen molar-refractivity contribution in [1.29, 1.82) is 0 Å². The van der Waals surface area contributed by atoms with Gasteiger partial charge < -0.3 is 19.7 Å². The summed E-state index contributed by atoms with van der Waals surface area (Å²) < 4.78 is 11.0. The predicted molar refractivity (Wildman–Crippen MR) is 97.8 cm³/mol. The molecule has 3 aliphatic heterocycles. The number of fused-ring (bicyclic) bond motifs is 1. The predicted octanol–water partition coefficient (Wildman–Crippen LogP) is 1.27. The molecule has 0 aliphatic carbocycles. The van der Waals surface area contributed by atoms with Crippen LogP contribution in [-0.2, 0) is 23.9 Å². The van der Waals surface area contributed by atoms with Gasteiger partial charge in [-0.25, -0.2) is 0 Å². The smallest absolute Gasteiger partial charge is 0.325 e. The second-order valence-electron chi connectivity index (χ2n) is 7.15. The fourth-order valence-corrected chi connectivity index (χ4v) is 5.03. The van der Waals surface area contributed by atoms with Crippen LogP contribution >= 0.6 is 11.3 Å². The van der Waals surface area contributed by atoms with Gasteiger partial charge in [-0.05, 0) is 25.3 Å². The van der Waals surface area contributed by atoms with Crippen LogP contribution < -0.4 is 5.32 Å². The Balaban J connectivity index is 1.50. The van der Waals surface area contributed by atoms with Crippen LogP contribution in [-0.4, -0.2) is 54.1 Å². The fraction of sp³-hybridized carbons (Fsp3) is 0.526. The van der Waals surface area contributed by atoms with Gasteiger partial charge in [0.25, 0.3) is 0 Å². The van der Waals surface area contributed by atoms with Gasteiger partial charge in [0.15, 0.2) is 0 Å². The van der Waals surface area contributed by atoms with E-state index in [0.717, 1.165) is 4.88 Å². The summed E-state index contributed by atoms with van der Waals surface area (Å²) in [5, 5.41) is 4.97. The molecule has 3 aliphatic rings. The summed E-state index contributed by atoms with van der Waals surface area (Å²) in [5.74, 6) is -2.05. The van der Waals surface area contributed by atoms with E-state index in [2.05, 4.69) is 5.32 Å². The quantitative estimate of drug-likeness (QED) is 0.584. The molecule has 4 rings (SSSR count). The number of nitrogens with one attached hydrogen (secondary N) is 1. The molecule has 0 aromatic carbocycles. The number of hydrogen-bond donors (Lipinski definition) is 1. The van der Waals surface area contributed by atoms with Gasteiger partial charge in [0.2, 0.25) is 11.8 Å². The molecule has 1 aromatic rings. The molecule has 1 N–H and O–H groups in total. The number of carbonyl (C=O) groups is 3. The van der Waals surface area contributed by atoms with Crippen LogP contribution in [0.4, 0.5) is 0 Å². The van der Waals surface area contributed by atoms with Gasteiger partial charge in [0.1, 0.15) is 12.1 Å².